The maximum absolute atomic E-state index is 13.9. The van der Waals surface area contributed by atoms with E-state index < -0.39 is 50.4 Å². The average Bonchev–Trinajstić information content (AvgIpc) is 3.52. The van der Waals surface area contributed by atoms with Crippen molar-refractivity contribution >= 4 is 36.6 Å². The molecule has 0 aliphatic carbocycles. The van der Waals surface area contributed by atoms with E-state index in [1.807, 2.05) is 0 Å². The number of hydrogen-bond acceptors (Lipinski definition) is 13. The summed E-state index contributed by atoms with van der Waals surface area (Å²) < 4.78 is 44.1. The van der Waals surface area contributed by atoms with Crippen LogP contribution in [0.5, 0.6) is 5.75 Å². The fraction of sp³-hybridized carbons (Fsp3) is 0.478. The number of aliphatic hydroxyl groups excluding tert-OH is 1. The van der Waals surface area contributed by atoms with Crippen molar-refractivity contribution in [2.75, 3.05) is 24.7 Å². The SMILES string of the molecule is CC(C)OC(=O)[C@H](C)N[P@@](=O)(OC[C@@]12CO[C@@H](C(n3cnc4c(N)nc(N)nc43)O1)[C@@H]2O)Oc1ccccc1. The zero-order chi connectivity index (χ0) is 27.9. The number of fused-ring (bicyclic) bond motifs is 3. The molecule has 0 amide bonds. The molecule has 6 N–H and O–H groups in total. The monoisotopic (exact) mass is 563 g/mol. The van der Waals surface area contributed by atoms with Gasteiger partial charge in [0.05, 0.1) is 25.6 Å². The van der Waals surface area contributed by atoms with Gasteiger partial charge in [0.15, 0.2) is 17.7 Å². The van der Waals surface area contributed by atoms with Gasteiger partial charge in [-0.05, 0) is 32.9 Å². The van der Waals surface area contributed by atoms with Crippen LogP contribution in [0.1, 0.15) is 27.0 Å². The molecule has 2 fully saturated rings. The number of nitrogens with one attached hydrogen (secondary N) is 1. The Labute approximate surface area is 223 Å². The zero-order valence-corrected chi connectivity index (χ0v) is 22.4. The molecule has 0 spiro atoms. The van der Waals surface area contributed by atoms with Crippen LogP contribution in [0.25, 0.3) is 11.2 Å². The summed E-state index contributed by atoms with van der Waals surface area (Å²) in [5.41, 5.74) is 10.8. The molecule has 2 aliphatic rings. The molecule has 4 heterocycles. The van der Waals surface area contributed by atoms with Gasteiger partial charge in [0.1, 0.15) is 35.1 Å². The zero-order valence-electron chi connectivity index (χ0n) is 21.5. The van der Waals surface area contributed by atoms with E-state index in [2.05, 4.69) is 20.0 Å². The average molecular weight is 564 g/mol. The molecule has 210 valence electrons. The molecule has 2 bridgehead atoms. The molecule has 5 rings (SSSR count). The van der Waals surface area contributed by atoms with Crippen LogP contribution >= 0.6 is 7.75 Å². The fourth-order valence-electron chi connectivity index (χ4n) is 4.41. The molecular weight excluding hydrogens is 533 g/mol. The van der Waals surface area contributed by atoms with Gasteiger partial charge in [0.25, 0.3) is 0 Å². The number of ether oxygens (including phenoxy) is 3. The number of rotatable bonds is 10. The van der Waals surface area contributed by atoms with Gasteiger partial charge in [0, 0.05) is 0 Å². The normalized spacial score (nSPS) is 26.5. The van der Waals surface area contributed by atoms with E-state index in [4.69, 9.17) is 34.7 Å². The lowest BCUT2D eigenvalue weighted by Crippen LogP contribution is -2.46. The Hall–Kier alpha value is -3.33. The van der Waals surface area contributed by atoms with Crippen molar-refractivity contribution in [3.63, 3.8) is 0 Å². The molecule has 0 radical (unpaired) electrons. The van der Waals surface area contributed by atoms with Crippen molar-refractivity contribution in [2.45, 2.75) is 57.0 Å². The van der Waals surface area contributed by atoms with Crippen LogP contribution in [0.3, 0.4) is 0 Å². The molecule has 0 saturated carbocycles. The van der Waals surface area contributed by atoms with Crippen LogP contribution in [0.15, 0.2) is 36.7 Å². The van der Waals surface area contributed by atoms with E-state index in [0.717, 1.165) is 0 Å². The number of para-hydroxylation sites is 1. The van der Waals surface area contributed by atoms with E-state index >= 15 is 0 Å². The lowest BCUT2D eigenvalue weighted by Gasteiger charge is -2.32. The number of imidazole rings is 1. The van der Waals surface area contributed by atoms with Gasteiger partial charge in [-0.15, -0.1) is 0 Å². The second kappa shape index (κ2) is 10.3. The van der Waals surface area contributed by atoms with Crippen LogP contribution in [0, 0.1) is 0 Å². The summed E-state index contributed by atoms with van der Waals surface area (Å²) in [5, 5.41) is 13.7. The molecule has 1 unspecified atom stereocenters. The second-order valence-corrected chi connectivity index (χ2v) is 11.3. The third-order valence-electron chi connectivity index (χ3n) is 6.25. The predicted molar refractivity (Wildman–Crippen MR) is 137 cm³/mol. The predicted octanol–water partition coefficient (Wildman–Crippen LogP) is 1.15. The maximum atomic E-state index is 13.9. The second-order valence-electron chi connectivity index (χ2n) is 9.60. The van der Waals surface area contributed by atoms with Gasteiger partial charge >= 0.3 is 13.7 Å². The lowest BCUT2D eigenvalue weighted by molar-refractivity contribution is -0.183. The number of nitrogens with zero attached hydrogens (tertiary/aromatic N) is 4. The molecule has 1 aromatic carbocycles. The Balaban J connectivity index is 1.37. The smallest absolute Gasteiger partial charge is 0.459 e. The standard InChI is InChI=1S/C23H30N7O8P/c1-12(2)36-21(32)13(3)29-39(33,38-14-7-5-4-6-8-14)35-10-23-9-34-16(17(23)31)20(37-23)30-11-26-15-18(24)27-22(25)28-19(15)30/h4-8,11-13,16-17,20,31H,9-10H2,1-3H3,(H,29,33)(H4,24,25,27,28)/t13-,16+,17-,20?,23+,39+/m0/s1. The lowest BCUT2D eigenvalue weighted by atomic mass is 10.0. The summed E-state index contributed by atoms with van der Waals surface area (Å²) in [7, 11) is -4.21. The molecular formula is C23H30N7O8P. The summed E-state index contributed by atoms with van der Waals surface area (Å²) in [6.45, 7) is 4.41. The van der Waals surface area contributed by atoms with Crippen molar-refractivity contribution in [3.8, 4) is 5.75 Å². The van der Waals surface area contributed by atoms with Crippen molar-refractivity contribution < 1.29 is 37.7 Å². The quantitative estimate of drug-likeness (QED) is 0.202. The number of carbonyl (C=O) groups excluding carboxylic acids is 1. The highest BCUT2D eigenvalue weighted by atomic mass is 31.2. The van der Waals surface area contributed by atoms with Gasteiger partial charge in [-0.3, -0.25) is 13.9 Å². The summed E-state index contributed by atoms with van der Waals surface area (Å²) in [6.07, 6.45) is -1.83. The Bertz CT molecular complexity index is 1410. The Morgan fingerprint density at radius 1 is 1.28 bits per heavy atom. The first kappa shape index (κ1) is 27.2. The number of nitrogen functional groups attached to an aromatic ring is 2. The number of carbonyl (C=O) groups is 1. The van der Waals surface area contributed by atoms with Gasteiger partial charge in [-0.2, -0.15) is 15.1 Å². The maximum Gasteiger partial charge on any atom is 0.459 e. The molecule has 2 aliphatic heterocycles. The van der Waals surface area contributed by atoms with Crippen LogP contribution in [-0.4, -0.2) is 73.8 Å². The first-order valence-electron chi connectivity index (χ1n) is 12.2. The third-order valence-corrected chi connectivity index (χ3v) is 7.88. The van der Waals surface area contributed by atoms with Gasteiger partial charge in [0.2, 0.25) is 5.95 Å². The van der Waals surface area contributed by atoms with Gasteiger partial charge in [-0.1, -0.05) is 18.2 Å². The minimum absolute atomic E-state index is 0.0559. The number of hydrogen-bond donors (Lipinski definition) is 4. The number of anilines is 2. The highest BCUT2D eigenvalue weighted by Crippen LogP contribution is 2.50. The first-order chi connectivity index (χ1) is 18.5. The number of aromatic nitrogens is 4. The van der Waals surface area contributed by atoms with Crippen LogP contribution in [0.2, 0.25) is 0 Å². The van der Waals surface area contributed by atoms with Crippen molar-refractivity contribution in [1.29, 1.82) is 0 Å². The Morgan fingerprint density at radius 2 is 2.03 bits per heavy atom. The number of nitrogens with two attached hydrogens (primary N) is 2. The summed E-state index contributed by atoms with van der Waals surface area (Å²) in [5.74, 6) is -0.368. The van der Waals surface area contributed by atoms with E-state index in [-0.39, 0.29) is 30.2 Å². The molecule has 6 atom stereocenters. The molecule has 3 aromatic rings. The van der Waals surface area contributed by atoms with Crippen LogP contribution in [0.4, 0.5) is 11.8 Å². The van der Waals surface area contributed by atoms with Gasteiger partial charge < -0.3 is 35.3 Å². The largest absolute Gasteiger partial charge is 0.462 e. The number of benzene rings is 1. The van der Waals surface area contributed by atoms with E-state index in [9.17, 15) is 14.5 Å². The Morgan fingerprint density at radius 3 is 2.74 bits per heavy atom. The van der Waals surface area contributed by atoms with E-state index in [0.29, 0.717) is 11.2 Å². The topological polar surface area (TPSA) is 208 Å². The summed E-state index contributed by atoms with van der Waals surface area (Å²) in [6, 6.07) is 7.28. The molecule has 15 nitrogen and oxygen atoms in total. The van der Waals surface area contributed by atoms with Crippen molar-refractivity contribution in [3.05, 3.63) is 36.7 Å². The molecule has 39 heavy (non-hydrogen) atoms. The van der Waals surface area contributed by atoms with Crippen molar-refractivity contribution in [1.82, 2.24) is 24.6 Å². The highest BCUT2D eigenvalue weighted by Gasteiger charge is 2.63. The summed E-state index contributed by atoms with van der Waals surface area (Å²) in [4.78, 5) is 24.7. The van der Waals surface area contributed by atoms with Crippen LogP contribution in [-0.2, 0) is 28.1 Å². The number of esters is 1. The van der Waals surface area contributed by atoms with E-state index in [1.165, 1.54) is 17.8 Å². The minimum atomic E-state index is -4.21. The van der Waals surface area contributed by atoms with Gasteiger partial charge in [-0.25, -0.2) is 9.55 Å². The molecule has 2 saturated heterocycles. The van der Waals surface area contributed by atoms with E-state index in [1.54, 1.807) is 44.2 Å². The summed E-state index contributed by atoms with van der Waals surface area (Å²) >= 11 is 0. The highest BCUT2D eigenvalue weighted by molar-refractivity contribution is 7.52. The first-order valence-corrected chi connectivity index (χ1v) is 13.7. The van der Waals surface area contributed by atoms with Crippen molar-refractivity contribution in [2.24, 2.45) is 0 Å². The third kappa shape index (κ3) is 5.29. The fourth-order valence-corrected chi connectivity index (χ4v) is 5.96. The molecule has 2 aromatic heterocycles. The molecule has 16 heteroatoms. The number of aliphatic hydroxyl groups is 1. The minimum Gasteiger partial charge on any atom is -0.462 e. The Kier molecular flexibility index (Phi) is 7.22. The van der Waals surface area contributed by atoms with Crippen LogP contribution < -0.4 is 21.1 Å².